The Morgan fingerprint density at radius 1 is 1.16 bits per heavy atom. The lowest BCUT2D eigenvalue weighted by Gasteiger charge is -2.06. The Balaban J connectivity index is 1.86. The van der Waals surface area contributed by atoms with Crippen LogP contribution in [0.15, 0.2) is 28.2 Å². The van der Waals surface area contributed by atoms with E-state index >= 15 is 0 Å². The minimum absolute atomic E-state index is 0.223. The van der Waals surface area contributed by atoms with E-state index in [1.807, 2.05) is 18.2 Å². The third kappa shape index (κ3) is 2.45. The highest BCUT2D eigenvalue weighted by Crippen LogP contribution is 2.17. The zero-order chi connectivity index (χ0) is 13.2. The Morgan fingerprint density at radius 2 is 1.95 bits per heavy atom. The molecule has 2 aliphatic heterocycles. The van der Waals surface area contributed by atoms with Gasteiger partial charge < -0.3 is 9.47 Å². The summed E-state index contributed by atoms with van der Waals surface area (Å²) in [6.07, 6.45) is 0. The van der Waals surface area contributed by atoms with Gasteiger partial charge in [-0.15, -0.1) is 0 Å². The predicted octanol–water partition coefficient (Wildman–Crippen LogP) is 1.66. The molecule has 1 aromatic rings. The number of rotatable bonds is 3. The second-order valence-electron chi connectivity index (χ2n) is 5.00. The molecule has 0 unspecified atom stereocenters. The molecule has 100 valence electrons. The maximum absolute atomic E-state index is 5.64. The van der Waals surface area contributed by atoms with E-state index in [1.165, 1.54) is 0 Å². The van der Waals surface area contributed by atoms with Crippen LogP contribution in [-0.2, 0) is 9.47 Å². The number of hydrogen-bond acceptors (Lipinski definition) is 5. The lowest BCUT2D eigenvalue weighted by atomic mass is 10.1. The third-order valence-electron chi connectivity index (χ3n) is 3.22. The van der Waals surface area contributed by atoms with Gasteiger partial charge >= 0.3 is 0 Å². The van der Waals surface area contributed by atoms with E-state index in [-0.39, 0.29) is 6.04 Å². The molecule has 0 aromatic carbocycles. The van der Waals surface area contributed by atoms with Crippen molar-refractivity contribution in [1.29, 1.82) is 0 Å². The fraction of sp³-hybridized carbons (Fsp3) is 0.500. The summed E-state index contributed by atoms with van der Waals surface area (Å²) in [5, 5.41) is 0. The van der Waals surface area contributed by atoms with E-state index in [4.69, 9.17) is 9.47 Å². The van der Waals surface area contributed by atoms with Crippen molar-refractivity contribution in [2.24, 2.45) is 15.9 Å². The van der Waals surface area contributed by atoms with Crippen LogP contribution in [0.3, 0.4) is 0 Å². The van der Waals surface area contributed by atoms with Gasteiger partial charge in [0, 0.05) is 0 Å². The average molecular weight is 259 g/mol. The van der Waals surface area contributed by atoms with Crippen molar-refractivity contribution in [3.63, 3.8) is 0 Å². The first kappa shape index (κ1) is 12.1. The normalized spacial score (nSPS) is 21.9. The molecule has 0 spiro atoms. The molecule has 3 heterocycles. The highest BCUT2D eigenvalue weighted by Gasteiger charge is 2.24. The van der Waals surface area contributed by atoms with Gasteiger partial charge in [0.05, 0.1) is 12.6 Å². The molecule has 5 heteroatoms. The van der Waals surface area contributed by atoms with Gasteiger partial charge in [-0.3, -0.25) is 0 Å². The van der Waals surface area contributed by atoms with Crippen molar-refractivity contribution < 1.29 is 9.47 Å². The van der Waals surface area contributed by atoms with Crippen molar-refractivity contribution in [1.82, 2.24) is 4.98 Å². The van der Waals surface area contributed by atoms with Crippen LogP contribution >= 0.6 is 0 Å². The molecule has 19 heavy (non-hydrogen) atoms. The maximum atomic E-state index is 5.64. The topological polar surface area (TPSA) is 56.1 Å². The molecule has 2 aliphatic rings. The molecule has 3 rings (SSSR count). The van der Waals surface area contributed by atoms with Crippen LogP contribution in [0.5, 0.6) is 0 Å². The molecule has 0 fully saturated rings. The Hall–Kier alpha value is -1.91. The first-order valence-electron chi connectivity index (χ1n) is 6.59. The van der Waals surface area contributed by atoms with Crippen molar-refractivity contribution in [2.75, 3.05) is 19.8 Å². The minimum atomic E-state index is 0.223. The summed E-state index contributed by atoms with van der Waals surface area (Å²) in [7, 11) is 0. The summed E-state index contributed by atoms with van der Waals surface area (Å²) in [6.45, 7) is 6.26. The molecule has 0 saturated heterocycles. The first-order valence-corrected chi connectivity index (χ1v) is 6.59. The summed E-state index contributed by atoms with van der Waals surface area (Å²) in [4.78, 5) is 13.4. The van der Waals surface area contributed by atoms with Gasteiger partial charge in [-0.25, -0.2) is 15.0 Å². The molecule has 0 radical (unpaired) electrons. The molecule has 1 aromatic heterocycles. The number of aromatic nitrogens is 1. The van der Waals surface area contributed by atoms with Gasteiger partial charge in [0.15, 0.2) is 0 Å². The Kier molecular flexibility index (Phi) is 3.19. The van der Waals surface area contributed by atoms with Crippen LogP contribution in [0.4, 0.5) is 0 Å². The minimum Gasteiger partial charge on any atom is -0.474 e. The van der Waals surface area contributed by atoms with Gasteiger partial charge in [0.2, 0.25) is 11.8 Å². The van der Waals surface area contributed by atoms with Crippen LogP contribution in [0.2, 0.25) is 0 Å². The number of nitrogens with zero attached hydrogens (tertiary/aromatic N) is 3. The second kappa shape index (κ2) is 4.99. The van der Waals surface area contributed by atoms with Gasteiger partial charge in [-0.1, -0.05) is 19.9 Å². The van der Waals surface area contributed by atoms with Crippen LogP contribution in [0.1, 0.15) is 25.2 Å². The number of pyridine rings is 1. The fourth-order valence-electron chi connectivity index (χ4n) is 2.03. The highest BCUT2D eigenvalue weighted by atomic mass is 16.5. The second-order valence-corrected chi connectivity index (χ2v) is 5.00. The van der Waals surface area contributed by atoms with Crippen LogP contribution in [0.25, 0.3) is 0 Å². The van der Waals surface area contributed by atoms with Gasteiger partial charge in [0.1, 0.15) is 24.6 Å². The number of aliphatic imine (C=N–C) groups is 2. The van der Waals surface area contributed by atoms with Gasteiger partial charge in [-0.05, 0) is 18.1 Å². The van der Waals surface area contributed by atoms with E-state index in [0.717, 1.165) is 11.4 Å². The summed E-state index contributed by atoms with van der Waals surface area (Å²) < 4.78 is 11.1. The van der Waals surface area contributed by atoms with Gasteiger partial charge in [0.25, 0.3) is 0 Å². The first-order chi connectivity index (χ1) is 9.24. The summed E-state index contributed by atoms with van der Waals surface area (Å²) in [5.41, 5.74) is 1.49. The highest BCUT2D eigenvalue weighted by molar-refractivity contribution is 5.97. The van der Waals surface area contributed by atoms with E-state index in [1.54, 1.807) is 0 Å². The molecule has 1 atom stereocenters. The molecular weight excluding hydrogens is 242 g/mol. The number of hydrogen-bond donors (Lipinski definition) is 0. The molecule has 0 N–H and O–H groups in total. The van der Waals surface area contributed by atoms with Gasteiger partial charge in [-0.2, -0.15) is 0 Å². The summed E-state index contributed by atoms with van der Waals surface area (Å²) in [5.74, 6) is 1.71. The predicted molar refractivity (Wildman–Crippen MR) is 72.7 cm³/mol. The average Bonchev–Trinajstić information content (AvgIpc) is 3.10. The molecule has 0 bridgehead atoms. The fourth-order valence-corrected chi connectivity index (χ4v) is 2.03. The quantitative estimate of drug-likeness (QED) is 0.829. The van der Waals surface area contributed by atoms with Crippen molar-refractivity contribution in [3.8, 4) is 0 Å². The SMILES string of the molecule is CC(C)[C@H]1COC(c2cccc(C3=NCCO3)n2)=N1. The van der Waals surface area contributed by atoms with E-state index < -0.39 is 0 Å². The van der Waals surface area contributed by atoms with E-state index in [2.05, 4.69) is 28.8 Å². The summed E-state index contributed by atoms with van der Waals surface area (Å²) in [6, 6.07) is 5.95. The lowest BCUT2D eigenvalue weighted by molar-refractivity contribution is 0.291. The molecule has 0 aliphatic carbocycles. The standard InChI is InChI=1S/C14H17N3O2/c1-9(2)12-8-19-14(17-12)11-5-3-4-10(16-11)13-15-6-7-18-13/h3-5,9,12H,6-8H2,1-2H3/t12-/m1/s1. The third-order valence-corrected chi connectivity index (χ3v) is 3.22. The number of ether oxygens (including phenoxy) is 2. The zero-order valence-electron chi connectivity index (χ0n) is 11.2. The van der Waals surface area contributed by atoms with Crippen LogP contribution in [-0.4, -0.2) is 42.6 Å². The van der Waals surface area contributed by atoms with E-state index in [0.29, 0.717) is 37.5 Å². The van der Waals surface area contributed by atoms with E-state index in [9.17, 15) is 0 Å². The van der Waals surface area contributed by atoms with Crippen molar-refractivity contribution in [2.45, 2.75) is 19.9 Å². The lowest BCUT2D eigenvalue weighted by Crippen LogP contribution is -2.13. The maximum Gasteiger partial charge on any atom is 0.235 e. The van der Waals surface area contributed by atoms with Crippen LogP contribution < -0.4 is 0 Å². The molecular formula is C14H17N3O2. The largest absolute Gasteiger partial charge is 0.474 e. The van der Waals surface area contributed by atoms with Crippen molar-refractivity contribution in [3.05, 3.63) is 29.6 Å². The smallest absolute Gasteiger partial charge is 0.235 e. The Morgan fingerprint density at radius 3 is 2.58 bits per heavy atom. The molecule has 0 amide bonds. The Labute approximate surface area is 112 Å². The van der Waals surface area contributed by atoms with Crippen LogP contribution in [0, 0.1) is 5.92 Å². The summed E-state index contributed by atoms with van der Waals surface area (Å²) >= 11 is 0. The monoisotopic (exact) mass is 259 g/mol. The molecule has 5 nitrogen and oxygen atoms in total. The Bertz CT molecular complexity index is 537. The zero-order valence-corrected chi connectivity index (χ0v) is 11.2. The van der Waals surface area contributed by atoms with Crippen molar-refractivity contribution >= 4 is 11.8 Å². The molecule has 0 saturated carbocycles.